The number of nitrogens with zero attached hydrogens (tertiary/aromatic N) is 1. The van der Waals surface area contributed by atoms with E-state index < -0.39 is 41.8 Å². The lowest BCUT2D eigenvalue weighted by Crippen LogP contribution is -2.66. The highest BCUT2D eigenvalue weighted by molar-refractivity contribution is 5.03. The fourth-order valence-corrected chi connectivity index (χ4v) is 2.80. The van der Waals surface area contributed by atoms with Crippen LogP contribution in [0.25, 0.3) is 0 Å². The van der Waals surface area contributed by atoms with Gasteiger partial charge >= 0.3 is 0 Å². The van der Waals surface area contributed by atoms with Gasteiger partial charge in [-0.15, -0.1) is 0 Å². The van der Waals surface area contributed by atoms with Crippen molar-refractivity contribution in [2.75, 3.05) is 13.1 Å². The molecule has 1 aliphatic heterocycles. The van der Waals surface area contributed by atoms with Gasteiger partial charge in [0, 0.05) is 5.54 Å². The van der Waals surface area contributed by atoms with E-state index in [9.17, 15) is 17.6 Å². The molecule has 0 aromatic rings. The molecule has 0 amide bonds. The highest BCUT2D eigenvalue weighted by Crippen LogP contribution is 2.51. The molecular weight excluding hydrogens is 246 g/mol. The highest BCUT2D eigenvalue weighted by atomic mass is 19.3. The van der Waals surface area contributed by atoms with E-state index in [0.717, 1.165) is 0 Å². The smallest absolute Gasteiger partial charge is 0.269 e. The summed E-state index contributed by atoms with van der Waals surface area (Å²) >= 11 is 0. The van der Waals surface area contributed by atoms with E-state index >= 15 is 0 Å². The Labute approximate surface area is 107 Å². The molecule has 0 atom stereocenters. The minimum atomic E-state index is -3.38. The molecule has 1 rings (SSSR count). The first-order valence-corrected chi connectivity index (χ1v) is 6.19. The van der Waals surface area contributed by atoms with Crippen LogP contribution in [0.4, 0.5) is 17.6 Å². The van der Waals surface area contributed by atoms with Crippen molar-refractivity contribution < 1.29 is 17.6 Å². The third-order valence-corrected chi connectivity index (χ3v) is 3.46. The second-order valence-electron chi connectivity index (χ2n) is 7.35. The number of piperidine rings is 1. The van der Waals surface area contributed by atoms with Crippen LogP contribution in [0.2, 0.25) is 0 Å². The molecule has 0 aliphatic carbocycles. The van der Waals surface area contributed by atoms with Gasteiger partial charge in [-0.2, -0.15) is 0 Å². The number of hydrogen-bond donors (Lipinski definition) is 0. The minimum absolute atomic E-state index is 0.603. The van der Waals surface area contributed by atoms with Crippen LogP contribution < -0.4 is 0 Å². The van der Waals surface area contributed by atoms with Crippen molar-refractivity contribution in [2.24, 2.45) is 11.3 Å². The topological polar surface area (TPSA) is 3.24 Å². The lowest BCUT2D eigenvalue weighted by molar-refractivity contribution is -0.261. The van der Waals surface area contributed by atoms with Crippen LogP contribution in [0, 0.1) is 11.3 Å². The van der Waals surface area contributed by atoms with Crippen LogP contribution >= 0.6 is 0 Å². The SMILES string of the molecule is CC(C)(C)C1C(F)(F)CN(C(C)(C)C)CC1(F)F. The fourth-order valence-electron chi connectivity index (χ4n) is 2.80. The number of halogens is 4. The van der Waals surface area contributed by atoms with Crippen molar-refractivity contribution >= 4 is 0 Å². The first kappa shape index (κ1) is 15.7. The van der Waals surface area contributed by atoms with Gasteiger partial charge in [0.1, 0.15) is 0 Å². The molecule has 0 N–H and O–H groups in total. The minimum Gasteiger partial charge on any atom is -0.287 e. The van der Waals surface area contributed by atoms with E-state index in [1.54, 1.807) is 20.8 Å². The van der Waals surface area contributed by atoms with E-state index in [0.29, 0.717) is 0 Å². The van der Waals surface area contributed by atoms with Crippen LogP contribution in [-0.2, 0) is 0 Å². The zero-order valence-electron chi connectivity index (χ0n) is 12.0. The normalized spacial score (nSPS) is 26.3. The molecule has 0 unspecified atom stereocenters. The molecular formula is C13H23F4N. The van der Waals surface area contributed by atoms with Crippen LogP contribution in [0.5, 0.6) is 0 Å². The summed E-state index contributed by atoms with van der Waals surface area (Å²) in [6, 6.07) is 0. The Hall–Kier alpha value is -0.320. The highest BCUT2D eigenvalue weighted by Gasteiger charge is 2.64. The average Bonchev–Trinajstić information content (AvgIpc) is 1.92. The first-order chi connectivity index (χ1) is 7.68. The van der Waals surface area contributed by atoms with Crippen molar-refractivity contribution in [3.63, 3.8) is 0 Å². The molecule has 1 heterocycles. The average molecular weight is 269 g/mol. The Morgan fingerprint density at radius 3 is 1.39 bits per heavy atom. The molecule has 108 valence electrons. The van der Waals surface area contributed by atoms with E-state index in [4.69, 9.17) is 0 Å². The van der Waals surface area contributed by atoms with E-state index in [1.165, 1.54) is 25.7 Å². The quantitative estimate of drug-likeness (QED) is 0.600. The van der Waals surface area contributed by atoms with Gasteiger partial charge in [0.25, 0.3) is 11.8 Å². The Kier molecular flexibility index (Phi) is 3.57. The number of alkyl halides is 4. The van der Waals surface area contributed by atoms with Gasteiger partial charge in [0.05, 0.1) is 19.0 Å². The summed E-state index contributed by atoms with van der Waals surface area (Å²) in [5.41, 5.74) is -1.81. The standard InChI is InChI=1S/C13H23F4N/c1-10(2,3)9-12(14,15)7-18(11(4,5)6)8-13(9,16)17/h9H,7-8H2,1-6H3. The summed E-state index contributed by atoms with van der Waals surface area (Å²) in [5, 5.41) is 0. The predicted molar refractivity (Wildman–Crippen MR) is 64.2 cm³/mol. The van der Waals surface area contributed by atoms with Gasteiger partial charge < -0.3 is 0 Å². The van der Waals surface area contributed by atoms with E-state index in [1.807, 2.05) is 0 Å². The molecule has 0 radical (unpaired) electrons. The second-order valence-corrected chi connectivity index (χ2v) is 7.35. The van der Waals surface area contributed by atoms with Crippen molar-refractivity contribution in [1.29, 1.82) is 0 Å². The fraction of sp³-hybridized carbons (Fsp3) is 1.00. The Bertz CT molecular complexity index is 294. The maximum Gasteiger partial charge on any atom is 0.269 e. The zero-order valence-corrected chi connectivity index (χ0v) is 12.0. The van der Waals surface area contributed by atoms with Crippen LogP contribution in [0.15, 0.2) is 0 Å². The number of likely N-dealkylation sites (tertiary alicyclic amines) is 1. The first-order valence-electron chi connectivity index (χ1n) is 6.19. The lowest BCUT2D eigenvalue weighted by atomic mass is 9.70. The van der Waals surface area contributed by atoms with Gasteiger partial charge in [0.2, 0.25) is 0 Å². The molecule has 1 fully saturated rings. The molecule has 1 aliphatic rings. The Balaban J connectivity index is 3.14. The van der Waals surface area contributed by atoms with Gasteiger partial charge in [-0.05, 0) is 26.2 Å². The Morgan fingerprint density at radius 1 is 0.833 bits per heavy atom. The molecule has 1 nitrogen and oxygen atoms in total. The third kappa shape index (κ3) is 2.98. The largest absolute Gasteiger partial charge is 0.287 e. The van der Waals surface area contributed by atoms with Crippen LogP contribution in [-0.4, -0.2) is 35.4 Å². The summed E-state index contributed by atoms with van der Waals surface area (Å²) in [5.74, 6) is -8.68. The Morgan fingerprint density at radius 2 is 1.17 bits per heavy atom. The lowest BCUT2D eigenvalue weighted by Gasteiger charge is -2.51. The molecule has 1 saturated heterocycles. The van der Waals surface area contributed by atoms with Crippen LogP contribution in [0.3, 0.4) is 0 Å². The zero-order chi connectivity index (χ0) is 14.6. The van der Waals surface area contributed by atoms with E-state index in [2.05, 4.69) is 0 Å². The molecule has 5 heteroatoms. The maximum absolute atomic E-state index is 14.1. The summed E-state index contributed by atoms with van der Waals surface area (Å²) in [7, 11) is 0. The van der Waals surface area contributed by atoms with Gasteiger partial charge in [0.15, 0.2) is 0 Å². The van der Waals surface area contributed by atoms with E-state index in [-0.39, 0.29) is 0 Å². The summed E-state index contributed by atoms with van der Waals surface area (Å²) < 4.78 is 56.5. The predicted octanol–water partition coefficient (Wildman–Crippen LogP) is 4.03. The van der Waals surface area contributed by atoms with Crippen molar-refractivity contribution in [2.45, 2.75) is 58.9 Å². The molecule has 0 bridgehead atoms. The van der Waals surface area contributed by atoms with Crippen molar-refractivity contribution in [1.82, 2.24) is 4.90 Å². The van der Waals surface area contributed by atoms with Crippen molar-refractivity contribution in [3.8, 4) is 0 Å². The molecule has 0 saturated carbocycles. The monoisotopic (exact) mass is 269 g/mol. The second kappa shape index (κ2) is 4.09. The van der Waals surface area contributed by atoms with Gasteiger partial charge in [-0.1, -0.05) is 20.8 Å². The molecule has 0 spiro atoms. The van der Waals surface area contributed by atoms with Gasteiger partial charge in [-0.3, -0.25) is 4.90 Å². The third-order valence-electron chi connectivity index (χ3n) is 3.46. The molecule has 0 aromatic heterocycles. The molecule has 0 aromatic carbocycles. The summed E-state index contributed by atoms with van der Waals surface area (Å²) in [6.45, 7) is 8.18. The van der Waals surface area contributed by atoms with Crippen LogP contribution in [0.1, 0.15) is 41.5 Å². The number of hydrogen-bond acceptors (Lipinski definition) is 1. The summed E-state index contributed by atoms with van der Waals surface area (Å²) in [4.78, 5) is 1.18. The molecule has 18 heavy (non-hydrogen) atoms. The summed E-state index contributed by atoms with van der Waals surface area (Å²) in [6.07, 6.45) is 0. The number of rotatable bonds is 0. The van der Waals surface area contributed by atoms with Crippen molar-refractivity contribution in [3.05, 3.63) is 0 Å². The maximum atomic E-state index is 14.1. The van der Waals surface area contributed by atoms with Gasteiger partial charge in [-0.25, -0.2) is 17.6 Å².